The monoisotopic (exact) mass is 457 g/mol. The van der Waals surface area contributed by atoms with E-state index in [2.05, 4.69) is 0 Å². The minimum absolute atomic E-state index is 0.000509. The first kappa shape index (κ1) is 23.1. The summed E-state index contributed by atoms with van der Waals surface area (Å²) in [5, 5.41) is 11.4. The van der Waals surface area contributed by atoms with Gasteiger partial charge < -0.3 is 14.6 Å². The molecule has 6 heteroatoms. The highest BCUT2D eigenvalue weighted by Gasteiger charge is 2.48. The predicted molar refractivity (Wildman–Crippen MR) is 131 cm³/mol. The summed E-state index contributed by atoms with van der Waals surface area (Å²) in [6, 6.07) is 20.5. The minimum Gasteiger partial charge on any atom is -0.507 e. The Balaban J connectivity index is 1.96. The fraction of sp³-hybridized carbons (Fsp3) is 0.214. The minimum atomic E-state index is -0.869. The molecule has 0 saturated carbocycles. The van der Waals surface area contributed by atoms with Crippen molar-refractivity contribution in [1.82, 2.24) is 0 Å². The maximum absolute atomic E-state index is 13.4. The highest BCUT2D eigenvalue weighted by Crippen LogP contribution is 2.45. The number of ether oxygens (including phenoxy) is 2. The number of carbonyl (C=O) groups is 2. The summed E-state index contributed by atoms with van der Waals surface area (Å²) in [6.07, 6.45) is -0.0578. The molecule has 1 unspecified atom stereocenters. The molecule has 1 aliphatic heterocycles. The van der Waals surface area contributed by atoms with Gasteiger partial charge in [0.15, 0.2) is 0 Å². The third kappa shape index (κ3) is 4.15. The van der Waals surface area contributed by atoms with E-state index in [1.54, 1.807) is 42.5 Å². The standard InChI is InChI=1S/C28H27NO5/c1-17(2)34-20-12-9-11-19(16-20)26(30)24-25(21-13-6-8-15-23(21)33-4)29(28(32)27(24)31)22-14-7-5-10-18(22)3/h5-17,25,30H,1-4H3/b26-24+. The number of anilines is 1. The van der Waals surface area contributed by atoms with Gasteiger partial charge in [0.2, 0.25) is 0 Å². The molecule has 174 valence electrons. The number of hydrogen-bond acceptors (Lipinski definition) is 5. The Labute approximate surface area is 199 Å². The van der Waals surface area contributed by atoms with Crippen molar-refractivity contribution in [2.75, 3.05) is 12.0 Å². The van der Waals surface area contributed by atoms with Crippen LogP contribution in [-0.2, 0) is 9.59 Å². The summed E-state index contributed by atoms with van der Waals surface area (Å²) in [4.78, 5) is 28.2. The number of aliphatic hydroxyl groups is 1. The van der Waals surface area contributed by atoms with Gasteiger partial charge in [0.25, 0.3) is 11.7 Å². The first-order valence-corrected chi connectivity index (χ1v) is 11.1. The molecule has 3 aromatic rings. The molecule has 0 aliphatic carbocycles. The number of carbonyl (C=O) groups excluding carboxylic acids is 2. The molecular weight excluding hydrogens is 430 g/mol. The van der Waals surface area contributed by atoms with Crippen LogP contribution in [0.2, 0.25) is 0 Å². The Morgan fingerprint density at radius 3 is 2.38 bits per heavy atom. The smallest absolute Gasteiger partial charge is 0.300 e. The van der Waals surface area contributed by atoms with Gasteiger partial charge in [0.1, 0.15) is 17.3 Å². The van der Waals surface area contributed by atoms with E-state index in [1.165, 1.54) is 12.0 Å². The van der Waals surface area contributed by atoms with Crippen LogP contribution in [0, 0.1) is 6.92 Å². The van der Waals surface area contributed by atoms with Crippen LogP contribution in [0.4, 0.5) is 5.69 Å². The van der Waals surface area contributed by atoms with Gasteiger partial charge >= 0.3 is 0 Å². The van der Waals surface area contributed by atoms with E-state index in [0.717, 1.165) is 5.56 Å². The Hall–Kier alpha value is -4.06. The van der Waals surface area contributed by atoms with Crippen LogP contribution < -0.4 is 14.4 Å². The molecule has 4 rings (SSSR count). The molecule has 1 amide bonds. The van der Waals surface area contributed by atoms with Gasteiger partial charge in [0, 0.05) is 16.8 Å². The van der Waals surface area contributed by atoms with Crippen molar-refractivity contribution in [2.45, 2.75) is 32.9 Å². The Bertz CT molecular complexity index is 1280. The quantitative estimate of drug-likeness (QED) is 0.304. The normalized spacial score (nSPS) is 17.3. The number of ketones is 1. The molecule has 0 aromatic heterocycles. The van der Waals surface area contributed by atoms with Crippen molar-refractivity contribution in [2.24, 2.45) is 0 Å². The highest BCUT2D eigenvalue weighted by atomic mass is 16.5. The SMILES string of the molecule is COc1ccccc1C1/C(=C(\O)c2cccc(OC(C)C)c2)C(=O)C(=O)N1c1ccccc1C. The number of methoxy groups -OCH3 is 1. The summed E-state index contributed by atoms with van der Waals surface area (Å²) in [5.41, 5.74) is 2.41. The predicted octanol–water partition coefficient (Wildman–Crippen LogP) is 5.42. The van der Waals surface area contributed by atoms with Crippen LogP contribution >= 0.6 is 0 Å². The second kappa shape index (κ2) is 9.43. The molecule has 1 atom stereocenters. The fourth-order valence-electron chi connectivity index (χ4n) is 4.25. The van der Waals surface area contributed by atoms with Gasteiger partial charge in [-0.15, -0.1) is 0 Å². The van der Waals surface area contributed by atoms with Crippen LogP contribution in [0.1, 0.15) is 36.6 Å². The molecule has 1 saturated heterocycles. The number of aryl methyl sites for hydroxylation is 1. The number of rotatable bonds is 6. The van der Waals surface area contributed by atoms with Crippen molar-refractivity contribution in [3.05, 3.63) is 95.1 Å². The van der Waals surface area contributed by atoms with Gasteiger partial charge in [-0.3, -0.25) is 14.5 Å². The van der Waals surface area contributed by atoms with Gasteiger partial charge in [-0.05, 0) is 50.6 Å². The number of para-hydroxylation sites is 2. The zero-order valence-electron chi connectivity index (χ0n) is 19.6. The van der Waals surface area contributed by atoms with E-state index in [1.807, 2.05) is 51.1 Å². The molecule has 3 aromatic carbocycles. The van der Waals surface area contributed by atoms with E-state index < -0.39 is 17.7 Å². The van der Waals surface area contributed by atoms with Crippen LogP contribution in [0.15, 0.2) is 78.4 Å². The lowest BCUT2D eigenvalue weighted by molar-refractivity contribution is -0.132. The Morgan fingerprint density at radius 1 is 0.971 bits per heavy atom. The van der Waals surface area contributed by atoms with Crippen molar-refractivity contribution in [3.63, 3.8) is 0 Å². The molecule has 6 nitrogen and oxygen atoms in total. The third-order valence-electron chi connectivity index (χ3n) is 5.73. The van der Waals surface area contributed by atoms with Crippen molar-refractivity contribution in [1.29, 1.82) is 0 Å². The number of amides is 1. The third-order valence-corrected chi connectivity index (χ3v) is 5.73. The number of nitrogens with zero attached hydrogens (tertiary/aromatic N) is 1. The topological polar surface area (TPSA) is 76.1 Å². The van der Waals surface area contributed by atoms with E-state index in [4.69, 9.17) is 9.47 Å². The first-order valence-electron chi connectivity index (χ1n) is 11.1. The van der Waals surface area contributed by atoms with E-state index in [9.17, 15) is 14.7 Å². The van der Waals surface area contributed by atoms with Gasteiger partial charge in [-0.25, -0.2) is 0 Å². The molecule has 0 spiro atoms. The summed E-state index contributed by atoms with van der Waals surface area (Å²) >= 11 is 0. The maximum atomic E-state index is 13.4. The zero-order chi connectivity index (χ0) is 24.4. The molecule has 0 bridgehead atoms. The lowest BCUT2D eigenvalue weighted by Crippen LogP contribution is -2.30. The molecule has 1 fully saturated rings. The lowest BCUT2D eigenvalue weighted by atomic mass is 9.94. The van der Waals surface area contributed by atoms with Crippen molar-refractivity contribution >= 4 is 23.1 Å². The maximum Gasteiger partial charge on any atom is 0.300 e. The van der Waals surface area contributed by atoms with Crippen LogP contribution in [0.5, 0.6) is 11.5 Å². The number of Topliss-reactive ketones (excluding diaryl/α,β-unsaturated/α-hetero) is 1. The fourth-order valence-corrected chi connectivity index (χ4v) is 4.25. The van der Waals surface area contributed by atoms with Gasteiger partial charge in [0.05, 0.1) is 24.8 Å². The first-order chi connectivity index (χ1) is 16.3. The van der Waals surface area contributed by atoms with Crippen LogP contribution in [-0.4, -0.2) is 30.0 Å². The van der Waals surface area contributed by atoms with E-state index in [0.29, 0.717) is 28.3 Å². The lowest BCUT2D eigenvalue weighted by Gasteiger charge is -2.27. The number of benzene rings is 3. The summed E-state index contributed by atoms with van der Waals surface area (Å²) in [7, 11) is 1.53. The number of aliphatic hydroxyl groups excluding tert-OH is 1. The largest absolute Gasteiger partial charge is 0.507 e. The van der Waals surface area contributed by atoms with Gasteiger partial charge in [-0.1, -0.05) is 48.5 Å². The average molecular weight is 458 g/mol. The van der Waals surface area contributed by atoms with Gasteiger partial charge in [-0.2, -0.15) is 0 Å². The zero-order valence-corrected chi connectivity index (χ0v) is 19.6. The molecule has 1 N–H and O–H groups in total. The Kier molecular flexibility index (Phi) is 6.41. The molecular formula is C28H27NO5. The molecule has 1 aliphatic rings. The second-order valence-corrected chi connectivity index (χ2v) is 8.39. The Morgan fingerprint density at radius 2 is 1.68 bits per heavy atom. The van der Waals surface area contributed by atoms with E-state index in [-0.39, 0.29) is 17.4 Å². The molecule has 34 heavy (non-hydrogen) atoms. The van der Waals surface area contributed by atoms with E-state index >= 15 is 0 Å². The molecule has 1 heterocycles. The van der Waals surface area contributed by atoms with Crippen LogP contribution in [0.3, 0.4) is 0 Å². The second-order valence-electron chi connectivity index (χ2n) is 8.39. The number of hydrogen-bond donors (Lipinski definition) is 1. The molecule has 0 radical (unpaired) electrons. The van der Waals surface area contributed by atoms with Crippen LogP contribution in [0.25, 0.3) is 5.76 Å². The summed E-state index contributed by atoms with van der Waals surface area (Å²) < 4.78 is 11.3. The highest BCUT2D eigenvalue weighted by molar-refractivity contribution is 6.51. The average Bonchev–Trinajstić information content (AvgIpc) is 3.09. The van der Waals surface area contributed by atoms with Crippen molar-refractivity contribution < 1.29 is 24.2 Å². The summed E-state index contributed by atoms with van der Waals surface area (Å²) in [6.45, 7) is 5.69. The summed E-state index contributed by atoms with van der Waals surface area (Å²) in [5.74, 6) is -0.662. The van der Waals surface area contributed by atoms with Crippen molar-refractivity contribution in [3.8, 4) is 11.5 Å².